The van der Waals surface area contributed by atoms with Crippen LogP contribution in [0.1, 0.15) is 0 Å². The Labute approximate surface area is 333 Å². The number of nitrogens with zero attached hydrogens (tertiary/aromatic N) is 5. The molecule has 0 saturated heterocycles. The number of para-hydroxylation sites is 5. The van der Waals surface area contributed by atoms with E-state index in [2.05, 4.69) is 209 Å². The molecule has 5 nitrogen and oxygen atoms in total. The minimum atomic E-state index is 0.569. The second kappa shape index (κ2) is 12.8. The summed E-state index contributed by atoms with van der Waals surface area (Å²) in [4.78, 5) is 16.0. The molecule has 3 heterocycles. The van der Waals surface area contributed by atoms with E-state index in [0.717, 1.165) is 55.2 Å². The molecule has 0 saturated carbocycles. The lowest BCUT2D eigenvalue weighted by Crippen LogP contribution is -2.07. The summed E-state index contributed by atoms with van der Waals surface area (Å²) in [5.74, 6) is 1.78. The number of benzene rings is 9. The fraction of sp³-hybridized carbons (Fsp3) is 0. The average Bonchev–Trinajstić information content (AvgIpc) is 3.82. The summed E-state index contributed by atoms with van der Waals surface area (Å²) in [5, 5.41) is 9.69. The van der Waals surface area contributed by atoms with Gasteiger partial charge in [0.15, 0.2) is 11.6 Å². The second-order valence-corrected chi connectivity index (χ2v) is 14.8. The molecule has 0 N–H and O–H groups in total. The molecule has 0 aliphatic rings. The van der Waals surface area contributed by atoms with Gasteiger partial charge in [-0.1, -0.05) is 164 Å². The van der Waals surface area contributed by atoms with Crippen LogP contribution in [0.4, 0.5) is 0 Å². The van der Waals surface area contributed by atoms with Crippen LogP contribution in [0.25, 0.3) is 111 Å². The first-order chi connectivity index (χ1) is 28.8. The van der Waals surface area contributed by atoms with Crippen molar-refractivity contribution in [1.82, 2.24) is 24.1 Å². The van der Waals surface area contributed by atoms with E-state index in [1.54, 1.807) is 0 Å². The van der Waals surface area contributed by atoms with E-state index >= 15 is 0 Å². The predicted octanol–water partition coefficient (Wildman–Crippen LogP) is 13.4. The normalized spacial score (nSPS) is 11.8. The van der Waals surface area contributed by atoms with E-state index in [1.807, 2.05) is 0 Å². The molecule has 0 fully saturated rings. The van der Waals surface area contributed by atoms with Crippen LogP contribution in [0.5, 0.6) is 0 Å². The third-order valence-corrected chi connectivity index (χ3v) is 11.6. The van der Waals surface area contributed by atoms with Crippen molar-refractivity contribution in [2.75, 3.05) is 0 Å². The Morgan fingerprint density at radius 1 is 0.276 bits per heavy atom. The molecule has 0 unspecified atom stereocenters. The zero-order valence-electron chi connectivity index (χ0n) is 31.3. The zero-order chi connectivity index (χ0) is 38.2. The van der Waals surface area contributed by atoms with Crippen molar-refractivity contribution in [1.29, 1.82) is 0 Å². The minimum Gasteiger partial charge on any atom is -0.309 e. The van der Waals surface area contributed by atoms with Crippen molar-refractivity contribution < 1.29 is 0 Å². The van der Waals surface area contributed by atoms with Crippen LogP contribution < -0.4 is 0 Å². The highest BCUT2D eigenvalue weighted by Crippen LogP contribution is 2.38. The Hall–Kier alpha value is -7.89. The van der Waals surface area contributed by atoms with Crippen LogP contribution in [-0.2, 0) is 0 Å². The number of hydrogen-bond acceptors (Lipinski definition) is 3. The molecule has 270 valence electrons. The van der Waals surface area contributed by atoms with Crippen molar-refractivity contribution in [3.63, 3.8) is 0 Å². The molecule has 3 aromatic heterocycles. The molecule has 0 bridgehead atoms. The molecular weight excluding hydrogens is 707 g/mol. The first kappa shape index (κ1) is 32.4. The highest BCUT2D eigenvalue weighted by molar-refractivity contribution is 6.13. The Morgan fingerprint density at radius 3 is 1.41 bits per heavy atom. The summed E-state index contributed by atoms with van der Waals surface area (Å²) < 4.78 is 4.52. The molecular formula is C53H33N5. The van der Waals surface area contributed by atoms with E-state index < -0.39 is 0 Å². The summed E-state index contributed by atoms with van der Waals surface area (Å²) >= 11 is 0. The van der Waals surface area contributed by atoms with Gasteiger partial charge < -0.3 is 4.57 Å². The van der Waals surface area contributed by atoms with Crippen LogP contribution in [0.3, 0.4) is 0 Å². The smallest absolute Gasteiger partial charge is 0.238 e. The average molecular weight is 740 g/mol. The lowest BCUT2D eigenvalue weighted by molar-refractivity contribution is 0.951. The van der Waals surface area contributed by atoms with Crippen LogP contribution in [0, 0.1) is 0 Å². The Morgan fingerprint density at radius 2 is 0.759 bits per heavy atom. The third-order valence-electron chi connectivity index (χ3n) is 11.6. The monoisotopic (exact) mass is 739 g/mol. The quantitative estimate of drug-likeness (QED) is 0.165. The zero-order valence-corrected chi connectivity index (χ0v) is 31.3. The Kier molecular flexibility index (Phi) is 7.16. The molecule has 12 rings (SSSR count). The van der Waals surface area contributed by atoms with Crippen molar-refractivity contribution >= 4 is 65.2 Å². The largest absolute Gasteiger partial charge is 0.309 e. The second-order valence-electron chi connectivity index (χ2n) is 14.8. The number of rotatable bonds is 5. The highest BCUT2D eigenvalue weighted by atomic mass is 15.2. The molecule has 0 aliphatic heterocycles. The predicted molar refractivity (Wildman–Crippen MR) is 240 cm³/mol. The number of aromatic nitrogens is 5. The van der Waals surface area contributed by atoms with Gasteiger partial charge in [0.05, 0.1) is 27.8 Å². The topological polar surface area (TPSA) is 48.5 Å². The van der Waals surface area contributed by atoms with Gasteiger partial charge in [0, 0.05) is 32.7 Å². The molecule has 0 spiro atoms. The van der Waals surface area contributed by atoms with E-state index in [0.29, 0.717) is 17.6 Å². The van der Waals surface area contributed by atoms with Gasteiger partial charge in [-0.15, -0.1) is 0 Å². The molecule has 0 aliphatic carbocycles. The highest BCUT2D eigenvalue weighted by Gasteiger charge is 2.21. The fourth-order valence-electron chi connectivity index (χ4n) is 8.98. The summed E-state index contributed by atoms with van der Waals surface area (Å²) in [6.07, 6.45) is 0. The summed E-state index contributed by atoms with van der Waals surface area (Å²) in [6, 6.07) is 70.9. The van der Waals surface area contributed by atoms with Crippen molar-refractivity contribution in [3.05, 3.63) is 200 Å². The molecule has 9 aromatic carbocycles. The van der Waals surface area contributed by atoms with Crippen LogP contribution in [0.2, 0.25) is 0 Å². The fourth-order valence-corrected chi connectivity index (χ4v) is 8.98. The maximum absolute atomic E-state index is 5.35. The Balaban J connectivity index is 1.08. The van der Waals surface area contributed by atoms with Gasteiger partial charge in [-0.3, -0.25) is 4.57 Å². The lowest BCUT2D eigenvalue weighted by Gasteiger charge is -2.15. The minimum absolute atomic E-state index is 0.569. The molecule has 58 heavy (non-hydrogen) atoms. The molecule has 12 aromatic rings. The number of fused-ring (bicyclic) bond motifs is 9. The standard InChI is InChI=1S/C53H33N5/c1-2-15-37-34(14-1)32-33-40-38(21-13-22-39(37)40)35-28-30-36(31-29-35)51-54-52(56-53(55-51)58-48-25-10-5-18-43(48)44-19-6-11-26-49(44)58)45-20-7-12-27-50(45)57-46-23-8-3-16-41(46)42-17-4-9-24-47(42)57/h1-33H. The molecule has 5 heteroatoms. The van der Waals surface area contributed by atoms with Crippen molar-refractivity contribution in [2.45, 2.75) is 0 Å². The molecule has 0 radical (unpaired) electrons. The Bertz CT molecular complexity index is 3470. The lowest BCUT2D eigenvalue weighted by atomic mass is 9.94. The number of hydrogen-bond donors (Lipinski definition) is 0. The van der Waals surface area contributed by atoms with Gasteiger partial charge in [-0.2, -0.15) is 9.97 Å². The third kappa shape index (κ3) is 4.93. The van der Waals surface area contributed by atoms with E-state index in [1.165, 1.54) is 37.9 Å². The summed E-state index contributed by atoms with van der Waals surface area (Å²) in [5.41, 5.74) is 9.51. The van der Waals surface area contributed by atoms with E-state index in [4.69, 9.17) is 15.0 Å². The first-order valence-electron chi connectivity index (χ1n) is 19.6. The van der Waals surface area contributed by atoms with Gasteiger partial charge in [0.25, 0.3) is 0 Å². The van der Waals surface area contributed by atoms with Gasteiger partial charge in [-0.25, -0.2) is 4.98 Å². The van der Waals surface area contributed by atoms with Crippen LogP contribution in [-0.4, -0.2) is 24.1 Å². The summed E-state index contributed by atoms with van der Waals surface area (Å²) in [7, 11) is 0. The van der Waals surface area contributed by atoms with Crippen LogP contribution in [0.15, 0.2) is 200 Å². The molecule has 0 atom stereocenters. The van der Waals surface area contributed by atoms with E-state index in [9.17, 15) is 0 Å². The maximum atomic E-state index is 5.35. The first-order valence-corrected chi connectivity index (χ1v) is 19.6. The van der Waals surface area contributed by atoms with Crippen molar-refractivity contribution in [2.24, 2.45) is 0 Å². The van der Waals surface area contributed by atoms with Gasteiger partial charge >= 0.3 is 0 Å². The SMILES string of the molecule is c1ccc(-n2c3ccccc3c3ccccc32)c(-c2nc(-c3ccc(-c4cccc5c4ccc4ccccc45)cc3)nc(-n3c4ccccc4c4ccccc43)n2)c1. The van der Waals surface area contributed by atoms with E-state index in [-0.39, 0.29) is 0 Å². The molecule has 0 amide bonds. The van der Waals surface area contributed by atoms with Gasteiger partial charge in [0.1, 0.15) is 0 Å². The van der Waals surface area contributed by atoms with Crippen molar-refractivity contribution in [3.8, 4) is 45.5 Å². The van der Waals surface area contributed by atoms with Gasteiger partial charge in [0.2, 0.25) is 5.95 Å². The summed E-state index contributed by atoms with van der Waals surface area (Å²) in [6.45, 7) is 0. The maximum Gasteiger partial charge on any atom is 0.238 e. The van der Waals surface area contributed by atoms with Gasteiger partial charge in [-0.05, 0) is 69.1 Å². The van der Waals surface area contributed by atoms with Crippen LogP contribution >= 0.6 is 0 Å².